The Morgan fingerprint density at radius 3 is 2.77 bits per heavy atom. The van der Waals surface area contributed by atoms with Gasteiger partial charge >= 0.3 is 0 Å². The smallest absolute Gasteiger partial charge is 0.274 e. The molecule has 1 atom stereocenters. The van der Waals surface area contributed by atoms with E-state index in [-0.39, 0.29) is 5.91 Å². The van der Waals surface area contributed by atoms with E-state index in [1.807, 2.05) is 4.90 Å². The van der Waals surface area contributed by atoms with Crippen molar-refractivity contribution >= 4 is 11.7 Å². The molecule has 0 saturated carbocycles. The Kier molecular flexibility index (Phi) is 4.81. The molecule has 3 heterocycles. The third-order valence-corrected chi connectivity index (χ3v) is 3.71. The summed E-state index contributed by atoms with van der Waals surface area (Å²) in [4.78, 5) is 24.6. The highest BCUT2D eigenvalue weighted by Gasteiger charge is 2.22. The highest BCUT2D eigenvalue weighted by molar-refractivity contribution is 5.92. The number of aliphatic hydroxyl groups excluding tert-OH is 1. The van der Waals surface area contributed by atoms with Crippen molar-refractivity contribution in [2.75, 3.05) is 57.5 Å². The van der Waals surface area contributed by atoms with E-state index in [0.29, 0.717) is 64.1 Å². The Balaban J connectivity index is 1.75. The number of nitrogens with zero attached hydrogens (tertiary/aromatic N) is 4. The van der Waals surface area contributed by atoms with Crippen LogP contribution in [0.1, 0.15) is 10.5 Å². The number of aromatic nitrogens is 2. The first-order valence-corrected chi connectivity index (χ1v) is 7.44. The molecule has 1 aromatic heterocycles. The van der Waals surface area contributed by atoms with Gasteiger partial charge in [0.15, 0.2) is 0 Å². The maximum Gasteiger partial charge on any atom is 0.274 e. The van der Waals surface area contributed by atoms with Crippen molar-refractivity contribution in [2.24, 2.45) is 0 Å². The molecule has 0 bridgehead atoms. The highest BCUT2D eigenvalue weighted by Crippen LogP contribution is 2.14. The first-order chi connectivity index (χ1) is 10.7. The summed E-state index contributed by atoms with van der Waals surface area (Å²) in [6.07, 6.45) is 2.52. The van der Waals surface area contributed by atoms with Crippen molar-refractivity contribution in [1.29, 1.82) is 0 Å². The Hall–Kier alpha value is -1.77. The Labute approximate surface area is 128 Å². The van der Waals surface area contributed by atoms with Crippen LogP contribution in [0.3, 0.4) is 0 Å². The van der Waals surface area contributed by atoms with Crippen LogP contribution in [0.2, 0.25) is 0 Å². The number of morpholine rings is 1. The minimum absolute atomic E-state index is 0.135. The van der Waals surface area contributed by atoms with Gasteiger partial charge in [-0.05, 0) is 0 Å². The average molecular weight is 308 g/mol. The van der Waals surface area contributed by atoms with Gasteiger partial charge in [-0.2, -0.15) is 0 Å². The molecule has 1 amide bonds. The molecule has 0 unspecified atom stereocenters. The van der Waals surface area contributed by atoms with Crippen molar-refractivity contribution in [1.82, 2.24) is 14.9 Å². The number of amides is 1. The van der Waals surface area contributed by atoms with Crippen molar-refractivity contribution < 1.29 is 19.4 Å². The van der Waals surface area contributed by atoms with Crippen LogP contribution in [0.25, 0.3) is 0 Å². The molecular formula is C14H20N4O4. The summed E-state index contributed by atoms with van der Waals surface area (Å²) in [5, 5.41) is 9.80. The standard InChI is InChI=1S/C14H20N4O4/c19-11-9-18(3-6-22-10-11)13-8-15-7-12(16-13)14(20)17-1-4-21-5-2-17/h7-8,11,19H,1-6,9-10H2/t11-/m0/s1. The van der Waals surface area contributed by atoms with E-state index < -0.39 is 6.10 Å². The van der Waals surface area contributed by atoms with Gasteiger partial charge in [-0.15, -0.1) is 0 Å². The first kappa shape index (κ1) is 15.1. The highest BCUT2D eigenvalue weighted by atomic mass is 16.5. The molecule has 1 aromatic rings. The molecule has 0 spiro atoms. The second kappa shape index (κ2) is 6.99. The zero-order chi connectivity index (χ0) is 15.4. The van der Waals surface area contributed by atoms with Crippen LogP contribution in [-0.2, 0) is 9.47 Å². The lowest BCUT2D eigenvalue weighted by atomic mass is 10.3. The van der Waals surface area contributed by atoms with Crippen LogP contribution in [0.4, 0.5) is 5.82 Å². The van der Waals surface area contributed by atoms with E-state index in [2.05, 4.69) is 9.97 Å². The molecule has 2 aliphatic heterocycles. The van der Waals surface area contributed by atoms with Gasteiger partial charge in [0.1, 0.15) is 11.5 Å². The van der Waals surface area contributed by atoms with Crippen molar-refractivity contribution in [3.05, 3.63) is 18.1 Å². The van der Waals surface area contributed by atoms with Crippen molar-refractivity contribution in [3.63, 3.8) is 0 Å². The maximum absolute atomic E-state index is 12.4. The number of rotatable bonds is 2. The molecule has 0 aliphatic carbocycles. The minimum Gasteiger partial charge on any atom is -0.389 e. The number of carbonyl (C=O) groups excluding carboxylic acids is 1. The summed E-state index contributed by atoms with van der Waals surface area (Å²) in [5.41, 5.74) is 0.319. The Bertz CT molecular complexity index is 521. The lowest BCUT2D eigenvalue weighted by Crippen LogP contribution is -2.41. The predicted molar refractivity (Wildman–Crippen MR) is 77.8 cm³/mol. The topological polar surface area (TPSA) is 88.0 Å². The van der Waals surface area contributed by atoms with Crippen LogP contribution in [0.5, 0.6) is 0 Å². The third-order valence-electron chi connectivity index (χ3n) is 3.71. The molecule has 0 aromatic carbocycles. The molecule has 2 saturated heterocycles. The average Bonchev–Trinajstić information content (AvgIpc) is 2.80. The Morgan fingerprint density at radius 2 is 1.95 bits per heavy atom. The van der Waals surface area contributed by atoms with Crippen LogP contribution < -0.4 is 4.90 Å². The molecule has 2 aliphatic rings. The van der Waals surface area contributed by atoms with E-state index in [1.54, 1.807) is 11.1 Å². The normalized spacial score (nSPS) is 23.2. The number of aliphatic hydroxyl groups is 1. The molecule has 120 valence electrons. The van der Waals surface area contributed by atoms with Crippen LogP contribution in [0.15, 0.2) is 12.4 Å². The number of hydrogen-bond acceptors (Lipinski definition) is 7. The van der Waals surface area contributed by atoms with Gasteiger partial charge in [-0.25, -0.2) is 4.98 Å². The van der Waals surface area contributed by atoms with E-state index >= 15 is 0 Å². The Morgan fingerprint density at radius 1 is 1.18 bits per heavy atom. The molecular weight excluding hydrogens is 288 g/mol. The van der Waals surface area contributed by atoms with Crippen molar-refractivity contribution in [2.45, 2.75) is 6.10 Å². The summed E-state index contributed by atoms with van der Waals surface area (Å²) in [5.74, 6) is 0.452. The van der Waals surface area contributed by atoms with E-state index in [4.69, 9.17) is 9.47 Å². The molecule has 0 radical (unpaired) electrons. The van der Waals surface area contributed by atoms with E-state index in [0.717, 1.165) is 0 Å². The number of carbonyl (C=O) groups is 1. The monoisotopic (exact) mass is 308 g/mol. The zero-order valence-electron chi connectivity index (χ0n) is 12.3. The van der Waals surface area contributed by atoms with Gasteiger partial charge in [-0.1, -0.05) is 0 Å². The van der Waals surface area contributed by atoms with Gasteiger partial charge in [0.25, 0.3) is 5.91 Å². The number of ether oxygens (including phenoxy) is 2. The van der Waals surface area contributed by atoms with Crippen LogP contribution in [0, 0.1) is 0 Å². The fraction of sp³-hybridized carbons (Fsp3) is 0.643. The predicted octanol–water partition coefficient (Wildman–Crippen LogP) is -0.853. The number of hydrogen-bond donors (Lipinski definition) is 1. The number of β-amino-alcohol motifs (C(OH)–C–C–N with tert-alkyl or cyclic N) is 1. The van der Waals surface area contributed by atoms with Gasteiger partial charge in [0.2, 0.25) is 0 Å². The van der Waals surface area contributed by atoms with E-state index in [1.165, 1.54) is 6.20 Å². The summed E-state index contributed by atoms with van der Waals surface area (Å²) in [6, 6.07) is 0. The molecule has 8 nitrogen and oxygen atoms in total. The second-order valence-corrected chi connectivity index (χ2v) is 5.34. The van der Waals surface area contributed by atoms with E-state index in [9.17, 15) is 9.90 Å². The molecule has 8 heteroatoms. The lowest BCUT2D eigenvalue weighted by molar-refractivity contribution is 0.0299. The first-order valence-electron chi connectivity index (χ1n) is 7.44. The van der Waals surface area contributed by atoms with Crippen molar-refractivity contribution in [3.8, 4) is 0 Å². The molecule has 22 heavy (non-hydrogen) atoms. The molecule has 3 rings (SSSR count). The number of anilines is 1. The SMILES string of the molecule is O=C(c1cncc(N2CCOC[C@@H](O)C2)n1)N1CCOCC1. The van der Waals surface area contributed by atoms with Gasteiger partial charge < -0.3 is 24.4 Å². The summed E-state index contributed by atoms with van der Waals surface area (Å²) < 4.78 is 10.6. The molecule has 2 fully saturated rings. The van der Waals surface area contributed by atoms with Crippen LogP contribution in [-0.4, -0.2) is 84.6 Å². The lowest BCUT2D eigenvalue weighted by Gasteiger charge is -2.27. The van der Waals surface area contributed by atoms with Gasteiger partial charge in [0.05, 0.1) is 44.9 Å². The summed E-state index contributed by atoms with van der Waals surface area (Å²) >= 11 is 0. The fourth-order valence-corrected chi connectivity index (χ4v) is 2.54. The largest absolute Gasteiger partial charge is 0.389 e. The minimum atomic E-state index is -0.567. The summed E-state index contributed by atoms with van der Waals surface area (Å²) in [6.45, 7) is 4.10. The van der Waals surface area contributed by atoms with Gasteiger partial charge in [0, 0.05) is 26.2 Å². The molecule has 1 N–H and O–H groups in total. The third kappa shape index (κ3) is 3.52. The summed E-state index contributed by atoms with van der Waals surface area (Å²) in [7, 11) is 0. The maximum atomic E-state index is 12.4. The fourth-order valence-electron chi connectivity index (χ4n) is 2.54. The quantitative estimate of drug-likeness (QED) is 0.761. The van der Waals surface area contributed by atoms with Crippen LogP contribution >= 0.6 is 0 Å². The van der Waals surface area contributed by atoms with Gasteiger partial charge in [-0.3, -0.25) is 9.78 Å². The second-order valence-electron chi connectivity index (χ2n) is 5.34. The zero-order valence-corrected chi connectivity index (χ0v) is 12.3.